The molecule has 1 atom stereocenters. The molecule has 2 aromatic rings. The summed E-state index contributed by atoms with van der Waals surface area (Å²) in [6.45, 7) is 5.82. The molecule has 3 heteroatoms. The molecule has 0 aliphatic heterocycles. The Morgan fingerprint density at radius 1 is 1.00 bits per heavy atom. The molecule has 0 amide bonds. The van der Waals surface area contributed by atoms with Crippen LogP contribution < -0.4 is 10.5 Å². The largest absolute Gasteiger partial charge is 0.491 e. The number of halogens is 1. The Hall–Kier alpha value is -1.87. The van der Waals surface area contributed by atoms with Gasteiger partial charge in [0, 0.05) is 0 Å². The number of ether oxygens (including phenoxy) is 1. The highest BCUT2D eigenvalue weighted by molar-refractivity contribution is 5.36. The standard InChI is InChI=1S/C17H20FNO/c1-11(2)20-16-6-4-13(5-7-16)17(19)14-8-12(3)9-15(18)10-14/h4-11,17H,19H2,1-3H3. The molecular weight excluding hydrogens is 253 g/mol. The maximum atomic E-state index is 13.4. The zero-order valence-electron chi connectivity index (χ0n) is 12.1. The molecule has 2 N–H and O–H groups in total. The van der Waals surface area contributed by atoms with E-state index in [4.69, 9.17) is 10.5 Å². The first-order chi connectivity index (χ1) is 9.45. The molecule has 0 aromatic heterocycles. The summed E-state index contributed by atoms with van der Waals surface area (Å²) in [7, 11) is 0. The zero-order chi connectivity index (χ0) is 14.7. The van der Waals surface area contributed by atoms with Crippen LogP contribution in [0.3, 0.4) is 0 Å². The fourth-order valence-corrected chi connectivity index (χ4v) is 2.16. The maximum absolute atomic E-state index is 13.4. The van der Waals surface area contributed by atoms with Crippen molar-refractivity contribution in [3.8, 4) is 5.75 Å². The molecule has 0 aliphatic rings. The molecule has 2 rings (SSSR count). The summed E-state index contributed by atoms with van der Waals surface area (Å²) >= 11 is 0. The van der Waals surface area contributed by atoms with Gasteiger partial charge in [0.1, 0.15) is 11.6 Å². The summed E-state index contributed by atoms with van der Waals surface area (Å²) in [5, 5.41) is 0. The van der Waals surface area contributed by atoms with Gasteiger partial charge in [-0.15, -0.1) is 0 Å². The summed E-state index contributed by atoms with van der Waals surface area (Å²) < 4.78 is 19.0. The van der Waals surface area contributed by atoms with Gasteiger partial charge in [0.05, 0.1) is 12.1 Å². The van der Waals surface area contributed by atoms with Crippen molar-refractivity contribution < 1.29 is 9.13 Å². The lowest BCUT2D eigenvalue weighted by atomic mass is 9.98. The van der Waals surface area contributed by atoms with Gasteiger partial charge in [-0.25, -0.2) is 4.39 Å². The minimum Gasteiger partial charge on any atom is -0.491 e. The van der Waals surface area contributed by atoms with Gasteiger partial charge in [0.15, 0.2) is 0 Å². The number of nitrogens with two attached hydrogens (primary N) is 1. The fourth-order valence-electron chi connectivity index (χ4n) is 2.16. The Bertz CT molecular complexity index is 558. The van der Waals surface area contributed by atoms with Crippen LogP contribution in [0, 0.1) is 12.7 Å². The molecule has 1 unspecified atom stereocenters. The quantitative estimate of drug-likeness (QED) is 0.914. The average molecular weight is 273 g/mol. The van der Waals surface area contributed by atoms with Crippen molar-refractivity contribution in [1.82, 2.24) is 0 Å². The van der Waals surface area contributed by atoms with Crippen LogP contribution in [0.4, 0.5) is 4.39 Å². The molecule has 106 valence electrons. The molecule has 0 radical (unpaired) electrons. The number of hydrogen-bond acceptors (Lipinski definition) is 2. The van der Waals surface area contributed by atoms with Crippen LogP contribution in [-0.2, 0) is 0 Å². The SMILES string of the molecule is Cc1cc(F)cc(C(N)c2ccc(OC(C)C)cc2)c1. The van der Waals surface area contributed by atoms with Crippen LogP contribution in [0.1, 0.15) is 36.6 Å². The van der Waals surface area contributed by atoms with Crippen molar-refractivity contribution in [1.29, 1.82) is 0 Å². The predicted molar refractivity (Wildman–Crippen MR) is 79.4 cm³/mol. The topological polar surface area (TPSA) is 35.2 Å². The molecule has 0 saturated carbocycles. The van der Waals surface area contributed by atoms with Gasteiger partial charge in [0.2, 0.25) is 0 Å². The van der Waals surface area contributed by atoms with Crippen LogP contribution in [0.2, 0.25) is 0 Å². The van der Waals surface area contributed by atoms with Crippen molar-refractivity contribution in [2.75, 3.05) is 0 Å². The second-order valence-electron chi connectivity index (χ2n) is 5.28. The van der Waals surface area contributed by atoms with Crippen LogP contribution in [0.5, 0.6) is 5.75 Å². The third kappa shape index (κ3) is 3.58. The fraction of sp³-hybridized carbons (Fsp3) is 0.294. The summed E-state index contributed by atoms with van der Waals surface area (Å²) in [5.74, 6) is 0.557. The third-order valence-electron chi connectivity index (χ3n) is 3.03. The van der Waals surface area contributed by atoms with E-state index in [1.165, 1.54) is 12.1 Å². The normalized spacial score (nSPS) is 12.5. The molecule has 0 heterocycles. The first-order valence-electron chi connectivity index (χ1n) is 6.75. The molecule has 0 spiro atoms. The monoisotopic (exact) mass is 273 g/mol. The van der Waals surface area contributed by atoms with Gasteiger partial charge >= 0.3 is 0 Å². The van der Waals surface area contributed by atoms with E-state index in [0.717, 1.165) is 22.4 Å². The van der Waals surface area contributed by atoms with Crippen LogP contribution >= 0.6 is 0 Å². The highest BCUT2D eigenvalue weighted by atomic mass is 19.1. The van der Waals surface area contributed by atoms with Gasteiger partial charge in [-0.2, -0.15) is 0 Å². The Balaban J connectivity index is 2.22. The Morgan fingerprint density at radius 3 is 2.20 bits per heavy atom. The van der Waals surface area contributed by atoms with Crippen molar-refractivity contribution in [2.45, 2.75) is 32.9 Å². The van der Waals surface area contributed by atoms with E-state index >= 15 is 0 Å². The minimum absolute atomic E-state index is 0.139. The smallest absolute Gasteiger partial charge is 0.123 e. The first-order valence-corrected chi connectivity index (χ1v) is 6.75. The van der Waals surface area contributed by atoms with E-state index in [1.54, 1.807) is 0 Å². The van der Waals surface area contributed by atoms with E-state index in [9.17, 15) is 4.39 Å². The second-order valence-corrected chi connectivity index (χ2v) is 5.28. The second kappa shape index (κ2) is 6.06. The molecule has 0 fully saturated rings. The summed E-state index contributed by atoms with van der Waals surface area (Å²) in [5.41, 5.74) is 8.78. The van der Waals surface area contributed by atoms with Gasteiger partial charge in [-0.3, -0.25) is 0 Å². The Labute approximate surface area is 119 Å². The molecule has 0 saturated heterocycles. The Morgan fingerprint density at radius 2 is 1.65 bits per heavy atom. The van der Waals surface area contributed by atoms with E-state index in [1.807, 2.05) is 51.1 Å². The Kier molecular flexibility index (Phi) is 4.40. The van der Waals surface area contributed by atoms with Crippen molar-refractivity contribution in [3.63, 3.8) is 0 Å². The lowest BCUT2D eigenvalue weighted by Crippen LogP contribution is -2.12. The minimum atomic E-state index is -0.336. The van der Waals surface area contributed by atoms with Crippen LogP contribution in [0.15, 0.2) is 42.5 Å². The molecule has 0 bridgehead atoms. The van der Waals surface area contributed by atoms with Crippen molar-refractivity contribution >= 4 is 0 Å². The molecule has 20 heavy (non-hydrogen) atoms. The third-order valence-corrected chi connectivity index (χ3v) is 3.03. The molecule has 2 aromatic carbocycles. The van der Waals surface area contributed by atoms with Gasteiger partial charge in [-0.05, 0) is 61.7 Å². The first kappa shape index (κ1) is 14.5. The zero-order valence-corrected chi connectivity index (χ0v) is 12.1. The van der Waals surface area contributed by atoms with Crippen molar-refractivity contribution in [2.24, 2.45) is 5.73 Å². The van der Waals surface area contributed by atoms with Crippen LogP contribution in [0.25, 0.3) is 0 Å². The number of benzene rings is 2. The van der Waals surface area contributed by atoms with E-state index in [2.05, 4.69) is 0 Å². The predicted octanol–water partition coefficient (Wildman–Crippen LogP) is 3.97. The molecule has 0 aliphatic carbocycles. The number of hydrogen-bond donors (Lipinski definition) is 1. The highest BCUT2D eigenvalue weighted by Gasteiger charge is 2.11. The molecular formula is C17H20FNO. The maximum Gasteiger partial charge on any atom is 0.123 e. The summed E-state index contributed by atoms with van der Waals surface area (Å²) in [4.78, 5) is 0. The van der Waals surface area contributed by atoms with Crippen LogP contribution in [-0.4, -0.2) is 6.10 Å². The van der Waals surface area contributed by atoms with Gasteiger partial charge in [0.25, 0.3) is 0 Å². The summed E-state index contributed by atoms with van der Waals surface area (Å²) in [6.07, 6.45) is 0.139. The average Bonchev–Trinajstić information content (AvgIpc) is 2.37. The van der Waals surface area contributed by atoms with E-state index < -0.39 is 0 Å². The van der Waals surface area contributed by atoms with E-state index in [0.29, 0.717) is 0 Å². The number of aryl methyl sites for hydroxylation is 1. The number of rotatable bonds is 4. The summed E-state index contributed by atoms with van der Waals surface area (Å²) in [6, 6.07) is 12.2. The lowest BCUT2D eigenvalue weighted by molar-refractivity contribution is 0.242. The van der Waals surface area contributed by atoms with Gasteiger partial charge in [-0.1, -0.05) is 18.2 Å². The van der Waals surface area contributed by atoms with Gasteiger partial charge < -0.3 is 10.5 Å². The van der Waals surface area contributed by atoms with Crippen molar-refractivity contribution in [3.05, 3.63) is 65.0 Å². The highest BCUT2D eigenvalue weighted by Crippen LogP contribution is 2.24. The van der Waals surface area contributed by atoms with E-state index in [-0.39, 0.29) is 18.0 Å². The molecule has 2 nitrogen and oxygen atoms in total. The lowest BCUT2D eigenvalue weighted by Gasteiger charge is -2.15.